The third-order valence-electron chi connectivity index (χ3n) is 4.77. The van der Waals surface area contributed by atoms with E-state index in [0.717, 1.165) is 12.8 Å². The zero-order valence-corrected chi connectivity index (χ0v) is 14.3. The highest BCUT2D eigenvalue weighted by Gasteiger charge is 2.33. The van der Waals surface area contributed by atoms with Gasteiger partial charge in [-0.25, -0.2) is 9.67 Å². The number of nitrogens with two attached hydrogens (primary N) is 1. The molecule has 132 valence electrons. The van der Waals surface area contributed by atoms with Crippen LogP contribution < -0.4 is 10.5 Å². The lowest BCUT2D eigenvalue weighted by Crippen LogP contribution is -2.31. The predicted molar refractivity (Wildman–Crippen MR) is 90.9 cm³/mol. The number of pyridine rings is 1. The van der Waals surface area contributed by atoms with Crippen molar-refractivity contribution in [3.05, 3.63) is 29.7 Å². The zero-order valence-electron chi connectivity index (χ0n) is 14.3. The molecular formula is C17H22N6O2. The molecule has 2 aliphatic rings. The number of anilines is 1. The maximum atomic E-state index is 12.9. The first kappa shape index (κ1) is 15.9. The lowest BCUT2D eigenvalue weighted by molar-refractivity contribution is 0.0729. The van der Waals surface area contributed by atoms with Crippen molar-refractivity contribution < 1.29 is 9.53 Å². The molecule has 2 N–H and O–H groups in total. The van der Waals surface area contributed by atoms with Gasteiger partial charge in [-0.15, -0.1) is 0 Å². The van der Waals surface area contributed by atoms with E-state index in [-0.39, 0.29) is 11.9 Å². The van der Waals surface area contributed by atoms with Gasteiger partial charge in [0.25, 0.3) is 5.91 Å². The van der Waals surface area contributed by atoms with E-state index >= 15 is 0 Å². The van der Waals surface area contributed by atoms with Gasteiger partial charge in [0.05, 0.1) is 18.2 Å². The minimum absolute atomic E-state index is 0.0604. The second-order valence-corrected chi connectivity index (χ2v) is 6.75. The van der Waals surface area contributed by atoms with Crippen molar-refractivity contribution in [3.8, 4) is 5.88 Å². The number of aromatic nitrogens is 4. The Morgan fingerprint density at radius 1 is 1.36 bits per heavy atom. The van der Waals surface area contributed by atoms with Crippen molar-refractivity contribution in [1.82, 2.24) is 24.6 Å². The van der Waals surface area contributed by atoms with E-state index < -0.39 is 0 Å². The van der Waals surface area contributed by atoms with Gasteiger partial charge < -0.3 is 15.4 Å². The molecule has 2 aromatic heterocycles. The summed E-state index contributed by atoms with van der Waals surface area (Å²) in [5, 5.41) is 4.33. The Kier molecular flexibility index (Phi) is 4.03. The van der Waals surface area contributed by atoms with E-state index in [1.807, 2.05) is 0 Å². The van der Waals surface area contributed by atoms with Gasteiger partial charge in [-0.2, -0.15) is 10.1 Å². The molecule has 4 rings (SSSR count). The van der Waals surface area contributed by atoms with E-state index in [2.05, 4.69) is 15.1 Å². The fourth-order valence-electron chi connectivity index (χ4n) is 3.08. The van der Waals surface area contributed by atoms with Crippen LogP contribution in [0, 0.1) is 5.92 Å². The van der Waals surface area contributed by atoms with Crippen LogP contribution in [-0.2, 0) is 7.05 Å². The summed E-state index contributed by atoms with van der Waals surface area (Å²) in [5.41, 5.74) is 6.32. The number of hydrogen-bond donors (Lipinski definition) is 1. The molecule has 1 saturated heterocycles. The zero-order chi connectivity index (χ0) is 17.4. The van der Waals surface area contributed by atoms with Crippen molar-refractivity contribution in [2.45, 2.75) is 31.7 Å². The SMILES string of the molecule is Cn1nc(C2CCCN2C(=O)c2ccc(OCC3CC3)nc2)nc1N. The standard InChI is InChI=1S/C17H22N6O2/c1-22-17(18)20-15(21-22)13-3-2-8-23(13)16(24)12-6-7-14(19-9-12)25-10-11-4-5-11/h6-7,9,11,13H,2-5,8,10H2,1H3,(H2,18,20,21). The molecule has 1 unspecified atom stereocenters. The highest BCUT2D eigenvalue weighted by Crippen LogP contribution is 2.32. The van der Waals surface area contributed by atoms with Crippen molar-refractivity contribution in [2.24, 2.45) is 13.0 Å². The van der Waals surface area contributed by atoms with E-state index in [0.29, 0.717) is 42.3 Å². The van der Waals surface area contributed by atoms with E-state index in [4.69, 9.17) is 10.5 Å². The van der Waals surface area contributed by atoms with Crippen LogP contribution in [0.5, 0.6) is 5.88 Å². The molecule has 1 saturated carbocycles. The normalized spacial score (nSPS) is 20.0. The molecule has 1 aliphatic heterocycles. The first-order valence-corrected chi connectivity index (χ1v) is 8.68. The fourth-order valence-corrected chi connectivity index (χ4v) is 3.08. The summed E-state index contributed by atoms with van der Waals surface area (Å²) < 4.78 is 7.16. The lowest BCUT2D eigenvalue weighted by Gasteiger charge is -2.22. The van der Waals surface area contributed by atoms with Crippen molar-refractivity contribution >= 4 is 11.9 Å². The molecule has 1 amide bonds. The van der Waals surface area contributed by atoms with Crippen LogP contribution in [-0.4, -0.2) is 43.7 Å². The van der Waals surface area contributed by atoms with Crippen LogP contribution in [0.1, 0.15) is 47.9 Å². The monoisotopic (exact) mass is 342 g/mol. The Bertz CT molecular complexity index is 748. The van der Waals surface area contributed by atoms with Gasteiger partial charge in [0, 0.05) is 25.9 Å². The van der Waals surface area contributed by atoms with Crippen LogP contribution in [0.3, 0.4) is 0 Å². The van der Waals surface area contributed by atoms with E-state index in [9.17, 15) is 4.79 Å². The second-order valence-electron chi connectivity index (χ2n) is 6.75. The molecule has 2 aromatic rings. The summed E-state index contributed by atoms with van der Waals surface area (Å²) >= 11 is 0. The average Bonchev–Trinajstić information content (AvgIpc) is 3.22. The third-order valence-corrected chi connectivity index (χ3v) is 4.77. The predicted octanol–water partition coefficient (Wildman–Crippen LogP) is 1.56. The van der Waals surface area contributed by atoms with Crippen molar-refractivity contribution in [2.75, 3.05) is 18.9 Å². The number of amides is 1. The third kappa shape index (κ3) is 3.29. The number of nitrogen functional groups attached to an aromatic ring is 1. The number of carbonyl (C=O) groups is 1. The Labute approximate surface area is 146 Å². The molecule has 0 radical (unpaired) electrons. The van der Waals surface area contributed by atoms with Gasteiger partial charge in [0.15, 0.2) is 5.82 Å². The Hall–Kier alpha value is -2.64. The van der Waals surface area contributed by atoms with Gasteiger partial charge >= 0.3 is 0 Å². The van der Waals surface area contributed by atoms with Gasteiger partial charge in [0.2, 0.25) is 11.8 Å². The Balaban J connectivity index is 1.46. The summed E-state index contributed by atoms with van der Waals surface area (Å²) in [6, 6.07) is 3.40. The second kappa shape index (κ2) is 6.34. The topological polar surface area (TPSA) is 99.2 Å². The molecule has 3 heterocycles. The molecule has 8 heteroatoms. The van der Waals surface area contributed by atoms with E-state index in [1.54, 1.807) is 30.3 Å². The van der Waals surface area contributed by atoms with Crippen LogP contribution in [0.15, 0.2) is 18.3 Å². The number of aryl methyl sites for hydroxylation is 1. The van der Waals surface area contributed by atoms with Crippen molar-refractivity contribution in [1.29, 1.82) is 0 Å². The summed E-state index contributed by atoms with van der Waals surface area (Å²) in [6.07, 6.45) is 5.81. The van der Waals surface area contributed by atoms with Gasteiger partial charge in [-0.05, 0) is 37.7 Å². The summed E-state index contributed by atoms with van der Waals surface area (Å²) in [7, 11) is 1.75. The average molecular weight is 342 g/mol. The smallest absolute Gasteiger partial charge is 0.256 e. The number of hydrogen-bond acceptors (Lipinski definition) is 6. The first-order chi connectivity index (χ1) is 12.1. The maximum absolute atomic E-state index is 12.9. The number of ether oxygens (including phenoxy) is 1. The highest BCUT2D eigenvalue weighted by molar-refractivity contribution is 5.94. The van der Waals surface area contributed by atoms with Crippen LogP contribution >= 0.6 is 0 Å². The molecular weight excluding hydrogens is 320 g/mol. The van der Waals surface area contributed by atoms with Gasteiger partial charge in [0.1, 0.15) is 0 Å². The van der Waals surface area contributed by atoms with Crippen LogP contribution in [0.2, 0.25) is 0 Å². The molecule has 8 nitrogen and oxygen atoms in total. The summed E-state index contributed by atoms with van der Waals surface area (Å²) in [6.45, 7) is 1.39. The van der Waals surface area contributed by atoms with E-state index in [1.165, 1.54) is 17.5 Å². The summed E-state index contributed by atoms with van der Waals surface area (Å²) in [5.74, 6) is 2.14. The Morgan fingerprint density at radius 3 is 2.84 bits per heavy atom. The molecule has 2 fully saturated rings. The van der Waals surface area contributed by atoms with Crippen molar-refractivity contribution in [3.63, 3.8) is 0 Å². The molecule has 25 heavy (non-hydrogen) atoms. The summed E-state index contributed by atoms with van der Waals surface area (Å²) in [4.78, 5) is 23.2. The lowest BCUT2D eigenvalue weighted by atomic mass is 10.2. The van der Waals surface area contributed by atoms with Gasteiger partial charge in [-0.3, -0.25) is 4.79 Å². The fraction of sp³-hybridized carbons (Fsp3) is 0.529. The quantitative estimate of drug-likeness (QED) is 0.885. The maximum Gasteiger partial charge on any atom is 0.256 e. The molecule has 0 aromatic carbocycles. The highest BCUT2D eigenvalue weighted by atomic mass is 16.5. The number of nitrogens with zero attached hydrogens (tertiary/aromatic N) is 5. The minimum atomic E-state index is -0.137. The largest absolute Gasteiger partial charge is 0.477 e. The minimum Gasteiger partial charge on any atom is -0.477 e. The molecule has 1 aliphatic carbocycles. The van der Waals surface area contributed by atoms with Gasteiger partial charge in [-0.1, -0.05) is 0 Å². The first-order valence-electron chi connectivity index (χ1n) is 8.68. The number of rotatable bonds is 5. The molecule has 0 spiro atoms. The van der Waals surface area contributed by atoms with Crippen LogP contribution in [0.25, 0.3) is 0 Å². The molecule has 1 atom stereocenters. The number of likely N-dealkylation sites (tertiary alicyclic amines) is 1. The molecule has 0 bridgehead atoms. The van der Waals surface area contributed by atoms with Crippen LogP contribution in [0.4, 0.5) is 5.95 Å². The Morgan fingerprint density at radius 2 is 2.20 bits per heavy atom. The number of carbonyl (C=O) groups excluding carboxylic acids is 1.